The van der Waals surface area contributed by atoms with E-state index in [1.165, 1.54) is 32.1 Å². The van der Waals surface area contributed by atoms with Crippen molar-refractivity contribution in [2.45, 2.75) is 89.9 Å². The van der Waals surface area contributed by atoms with Gasteiger partial charge in [-0.1, -0.05) is 19.3 Å². The number of nitrogens with zero attached hydrogens (tertiary/aromatic N) is 2. The van der Waals surface area contributed by atoms with Crippen LogP contribution in [0.2, 0.25) is 0 Å². The normalized spacial score (nSPS) is 25.4. The monoisotopic (exact) mass is 410 g/mol. The van der Waals surface area contributed by atoms with Gasteiger partial charge in [0, 0.05) is 39.1 Å². The topological polar surface area (TPSA) is 68.3 Å². The summed E-state index contributed by atoms with van der Waals surface area (Å²) in [4.78, 5) is 28.9. The number of hydrogen-bond acceptors (Lipinski definition) is 5. The minimum Gasteiger partial charge on any atom is -0.444 e. The van der Waals surface area contributed by atoms with E-state index < -0.39 is 11.2 Å². The quantitative estimate of drug-likeness (QED) is 0.680. The molecule has 2 saturated heterocycles. The molecule has 0 N–H and O–H groups in total. The van der Waals surface area contributed by atoms with Crippen molar-refractivity contribution < 1.29 is 23.8 Å². The second kappa shape index (κ2) is 9.11. The molecular formula is C22H38N2O5. The molecule has 0 radical (unpaired) electrons. The fraction of sp³-hybridized carbons (Fsp3) is 0.909. The SMILES string of the molecule is CCOCC1N(CC2CCCCC2)C(=O)OC12CCN(C(=O)OC(C)(C)C)CC2. The first-order valence-corrected chi connectivity index (χ1v) is 11.3. The molecule has 3 fully saturated rings. The summed E-state index contributed by atoms with van der Waals surface area (Å²) in [5.74, 6) is 0.553. The zero-order valence-corrected chi connectivity index (χ0v) is 18.6. The molecule has 0 aromatic rings. The van der Waals surface area contributed by atoms with E-state index >= 15 is 0 Å². The standard InChI is InChI=1S/C22H38N2O5/c1-5-27-16-18-22(11-13-23(14-12-22)19(25)28-21(2,3)4)29-20(26)24(18)15-17-9-7-6-8-10-17/h17-18H,5-16H2,1-4H3. The lowest BCUT2D eigenvalue weighted by Gasteiger charge is -2.42. The fourth-order valence-corrected chi connectivity index (χ4v) is 4.86. The van der Waals surface area contributed by atoms with Crippen LogP contribution in [0.25, 0.3) is 0 Å². The van der Waals surface area contributed by atoms with E-state index in [2.05, 4.69) is 0 Å². The van der Waals surface area contributed by atoms with Gasteiger partial charge in [0.1, 0.15) is 11.2 Å². The molecule has 0 bridgehead atoms. The third-order valence-electron chi connectivity index (χ3n) is 6.43. The first-order chi connectivity index (χ1) is 13.7. The van der Waals surface area contributed by atoms with Gasteiger partial charge in [-0.25, -0.2) is 9.59 Å². The molecule has 0 aromatic carbocycles. The summed E-state index contributed by atoms with van der Waals surface area (Å²) in [5.41, 5.74) is -1.08. The second-order valence-electron chi connectivity index (χ2n) is 9.73. The summed E-state index contributed by atoms with van der Waals surface area (Å²) in [7, 11) is 0. The number of amides is 2. The molecule has 1 unspecified atom stereocenters. The Bertz CT molecular complexity index is 574. The van der Waals surface area contributed by atoms with E-state index in [1.54, 1.807) is 4.90 Å². The van der Waals surface area contributed by atoms with Crippen LogP contribution in [0.3, 0.4) is 0 Å². The van der Waals surface area contributed by atoms with Crippen molar-refractivity contribution in [3.05, 3.63) is 0 Å². The molecule has 3 rings (SSSR count). The predicted octanol–water partition coefficient (Wildman–Crippen LogP) is 4.19. The van der Waals surface area contributed by atoms with Gasteiger partial charge in [0.15, 0.2) is 0 Å². The van der Waals surface area contributed by atoms with Crippen LogP contribution in [0.5, 0.6) is 0 Å². The highest BCUT2D eigenvalue weighted by atomic mass is 16.6. The van der Waals surface area contributed by atoms with Gasteiger partial charge in [0.25, 0.3) is 0 Å². The van der Waals surface area contributed by atoms with Gasteiger partial charge < -0.3 is 19.1 Å². The van der Waals surface area contributed by atoms with Crippen molar-refractivity contribution in [2.24, 2.45) is 5.92 Å². The molecule has 3 aliphatic rings. The van der Waals surface area contributed by atoms with Crippen molar-refractivity contribution >= 4 is 12.2 Å². The molecule has 0 aromatic heterocycles. The Balaban J connectivity index is 1.67. The highest BCUT2D eigenvalue weighted by Crippen LogP contribution is 2.40. The van der Waals surface area contributed by atoms with Gasteiger partial charge in [-0.2, -0.15) is 0 Å². The highest BCUT2D eigenvalue weighted by molar-refractivity contribution is 5.72. The van der Waals surface area contributed by atoms with Crippen molar-refractivity contribution in [1.29, 1.82) is 0 Å². The second-order valence-corrected chi connectivity index (χ2v) is 9.73. The van der Waals surface area contributed by atoms with E-state index in [1.807, 2.05) is 32.6 Å². The molecule has 7 nitrogen and oxygen atoms in total. The first kappa shape index (κ1) is 22.2. The minimum atomic E-state index is -0.570. The maximum Gasteiger partial charge on any atom is 0.410 e. The lowest BCUT2D eigenvalue weighted by Crippen LogP contribution is -2.56. The molecule has 2 amide bonds. The molecule has 1 spiro atoms. The van der Waals surface area contributed by atoms with Crippen LogP contribution in [-0.4, -0.2) is 72.1 Å². The van der Waals surface area contributed by atoms with Crippen LogP contribution in [0.4, 0.5) is 9.59 Å². The molecule has 2 aliphatic heterocycles. The molecule has 7 heteroatoms. The maximum absolute atomic E-state index is 12.8. The van der Waals surface area contributed by atoms with Crippen LogP contribution < -0.4 is 0 Å². The van der Waals surface area contributed by atoms with Crippen LogP contribution in [-0.2, 0) is 14.2 Å². The zero-order valence-electron chi connectivity index (χ0n) is 18.6. The predicted molar refractivity (Wildman–Crippen MR) is 110 cm³/mol. The summed E-state index contributed by atoms with van der Waals surface area (Å²) >= 11 is 0. The number of carbonyl (C=O) groups excluding carboxylic acids is 2. The maximum atomic E-state index is 12.8. The smallest absolute Gasteiger partial charge is 0.410 e. The summed E-state index contributed by atoms with van der Waals surface area (Å²) in [6, 6.07) is -0.0855. The number of rotatable bonds is 5. The third kappa shape index (κ3) is 5.36. The fourth-order valence-electron chi connectivity index (χ4n) is 4.86. The number of carbonyl (C=O) groups is 2. The zero-order chi connectivity index (χ0) is 21.1. The average molecular weight is 411 g/mol. The van der Waals surface area contributed by atoms with Gasteiger partial charge in [-0.3, -0.25) is 4.90 Å². The molecule has 1 atom stereocenters. The Morgan fingerprint density at radius 3 is 2.41 bits per heavy atom. The molecule has 1 saturated carbocycles. The largest absolute Gasteiger partial charge is 0.444 e. The van der Waals surface area contributed by atoms with Crippen LogP contribution in [0.15, 0.2) is 0 Å². The van der Waals surface area contributed by atoms with E-state index in [0.29, 0.717) is 45.1 Å². The van der Waals surface area contributed by atoms with Gasteiger partial charge >= 0.3 is 12.2 Å². The Hall–Kier alpha value is -1.50. The van der Waals surface area contributed by atoms with E-state index in [9.17, 15) is 9.59 Å². The average Bonchev–Trinajstić information content (AvgIpc) is 2.90. The summed E-state index contributed by atoms with van der Waals surface area (Å²) < 4.78 is 17.3. The Labute approximate surface area is 175 Å². The minimum absolute atomic E-state index is 0.0855. The lowest BCUT2D eigenvalue weighted by atomic mass is 9.83. The van der Waals surface area contributed by atoms with Gasteiger partial charge in [-0.15, -0.1) is 0 Å². The highest BCUT2D eigenvalue weighted by Gasteiger charge is 2.55. The lowest BCUT2D eigenvalue weighted by molar-refractivity contribution is -0.0481. The molecular weight excluding hydrogens is 372 g/mol. The van der Waals surface area contributed by atoms with Gasteiger partial charge in [-0.05, 0) is 46.5 Å². The first-order valence-electron chi connectivity index (χ1n) is 11.3. The number of ether oxygens (including phenoxy) is 3. The van der Waals surface area contributed by atoms with Crippen molar-refractivity contribution in [1.82, 2.24) is 9.80 Å². The molecule has 2 heterocycles. The third-order valence-corrected chi connectivity index (χ3v) is 6.43. The van der Waals surface area contributed by atoms with Crippen LogP contribution in [0.1, 0.15) is 72.6 Å². The number of hydrogen-bond donors (Lipinski definition) is 0. The van der Waals surface area contributed by atoms with E-state index in [-0.39, 0.29) is 18.2 Å². The van der Waals surface area contributed by atoms with E-state index in [0.717, 1.165) is 6.54 Å². The molecule has 166 valence electrons. The van der Waals surface area contributed by atoms with Gasteiger partial charge in [0.2, 0.25) is 0 Å². The Kier molecular flexibility index (Phi) is 6.97. The van der Waals surface area contributed by atoms with Gasteiger partial charge in [0.05, 0.1) is 12.6 Å². The van der Waals surface area contributed by atoms with Crippen molar-refractivity contribution in [3.63, 3.8) is 0 Å². The van der Waals surface area contributed by atoms with Crippen molar-refractivity contribution in [2.75, 3.05) is 32.8 Å². The van der Waals surface area contributed by atoms with Crippen molar-refractivity contribution in [3.8, 4) is 0 Å². The summed E-state index contributed by atoms with van der Waals surface area (Å²) in [6.07, 6.45) is 6.90. The Morgan fingerprint density at radius 1 is 1.17 bits per heavy atom. The molecule has 29 heavy (non-hydrogen) atoms. The number of likely N-dealkylation sites (tertiary alicyclic amines) is 1. The molecule has 1 aliphatic carbocycles. The van der Waals surface area contributed by atoms with Crippen LogP contribution >= 0.6 is 0 Å². The van der Waals surface area contributed by atoms with Crippen LogP contribution in [0, 0.1) is 5.92 Å². The number of piperidine rings is 1. The summed E-state index contributed by atoms with van der Waals surface area (Å²) in [6.45, 7) is 10.5. The summed E-state index contributed by atoms with van der Waals surface area (Å²) in [5, 5.41) is 0. The Morgan fingerprint density at radius 2 is 1.83 bits per heavy atom. The van der Waals surface area contributed by atoms with E-state index in [4.69, 9.17) is 14.2 Å².